The third-order valence-corrected chi connectivity index (χ3v) is 16.9. The van der Waals surface area contributed by atoms with Crippen LogP contribution in [0.3, 0.4) is 0 Å². The van der Waals surface area contributed by atoms with E-state index in [2.05, 4.69) is 15.4 Å². The summed E-state index contributed by atoms with van der Waals surface area (Å²) in [6, 6.07) is 2.79. The zero-order chi connectivity index (χ0) is 42.1. The summed E-state index contributed by atoms with van der Waals surface area (Å²) in [6.07, 6.45) is 15.3. The third kappa shape index (κ3) is 7.54. The fourth-order valence-corrected chi connectivity index (χ4v) is 11.7. The van der Waals surface area contributed by atoms with Gasteiger partial charge in [0.25, 0.3) is 5.91 Å². The van der Waals surface area contributed by atoms with Gasteiger partial charge in [-0.2, -0.15) is 0 Å². The van der Waals surface area contributed by atoms with Crippen LogP contribution in [0.4, 0.5) is 9.18 Å². The Kier molecular flexibility index (Phi) is 10.5. The summed E-state index contributed by atoms with van der Waals surface area (Å²) in [5.74, 6) is -1.99. The van der Waals surface area contributed by atoms with Crippen molar-refractivity contribution in [2.75, 3.05) is 6.54 Å². The van der Waals surface area contributed by atoms with E-state index in [-0.39, 0.29) is 25.3 Å². The van der Waals surface area contributed by atoms with Crippen molar-refractivity contribution in [1.29, 1.82) is 0 Å². The second kappa shape index (κ2) is 15.3. The number of alkyl carbamates (subject to hydrolysis) is 1. The van der Waals surface area contributed by atoms with Crippen LogP contribution in [0.5, 0.6) is 5.75 Å². The van der Waals surface area contributed by atoms with Crippen LogP contribution in [0, 0.1) is 11.7 Å². The molecule has 15 heteroatoms. The van der Waals surface area contributed by atoms with Crippen molar-refractivity contribution < 1.29 is 41.5 Å². The molecule has 324 valence electrons. The molecule has 3 N–H and O–H groups in total. The number of carbonyl (C=O) groups is 4. The number of nitrogens with zero attached hydrogens (tertiary/aromatic N) is 2. The van der Waals surface area contributed by atoms with E-state index in [1.165, 1.54) is 11.0 Å². The largest absolute Gasteiger partial charge is 0.483 e. The van der Waals surface area contributed by atoms with Crippen molar-refractivity contribution in [2.24, 2.45) is 5.92 Å². The van der Waals surface area contributed by atoms with Crippen molar-refractivity contribution >= 4 is 44.7 Å². The Morgan fingerprint density at radius 3 is 2.45 bits per heavy atom. The van der Waals surface area contributed by atoms with Gasteiger partial charge in [0.1, 0.15) is 45.9 Å². The quantitative estimate of drug-likeness (QED) is 0.274. The number of benzene rings is 1. The van der Waals surface area contributed by atoms with Gasteiger partial charge in [0.15, 0.2) is 0 Å². The molecule has 1 aromatic heterocycles. The predicted octanol–water partition coefficient (Wildman–Crippen LogP) is 6.52. The van der Waals surface area contributed by atoms with Gasteiger partial charge < -0.3 is 25.0 Å². The van der Waals surface area contributed by atoms with E-state index in [0.717, 1.165) is 63.4 Å². The first-order chi connectivity index (χ1) is 28.6. The summed E-state index contributed by atoms with van der Waals surface area (Å²) in [5, 5.41) is 6.61. The zero-order valence-electron chi connectivity index (χ0n) is 34.8. The van der Waals surface area contributed by atoms with Gasteiger partial charge in [-0.3, -0.25) is 19.1 Å². The molecular weight excluding hydrogens is 790 g/mol. The number of aryl methyl sites for hydroxylation is 1. The van der Waals surface area contributed by atoms with E-state index in [9.17, 15) is 22.8 Å². The van der Waals surface area contributed by atoms with Crippen LogP contribution in [-0.2, 0) is 35.6 Å². The number of sulfonamides is 1. The number of allylic oxidation sites excluding steroid dienone is 1. The maximum atomic E-state index is 15.2. The molecule has 4 amide bonds. The average molecular weight is 848 g/mol. The number of hydrogen-bond donors (Lipinski definition) is 3. The number of fused-ring (bicyclic) bond motifs is 5. The standard InChI is InChI=1S/C45H58FN5O8S/c1-42(20-9-6-10-21-42)59-41(55)47-33-15-8-5-3-4-7-12-29-18-23-45(29,40(54)50-60(56,57)43(2)24-25-43)49-38(52)34-26-44(27-51(34)39(33)53)22-19-31-30-13-11-14-32(46)36(30)48-35(28-16-17-28)37(31)58-44/h7,11-14,28-29,33-34H,3-6,8-10,15-27H2,1-2H3,(H,47,55)(H,49,52)(H,50,54). The first-order valence-electron chi connectivity index (χ1n) is 22.3. The summed E-state index contributed by atoms with van der Waals surface area (Å²) < 4.78 is 56.3. The zero-order valence-corrected chi connectivity index (χ0v) is 35.6. The normalized spacial score (nSPS) is 31.2. The number of amides is 4. The van der Waals surface area contributed by atoms with Gasteiger partial charge in [0, 0.05) is 29.2 Å². The van der Waals surface area contributed by atoms with Crippen LogP contribution in [0.2, 0.25) is 0 Å². The molecule has 7 aliphatic rings. The van der Waals surface area contributed by atoms with Crippen LogP contribution in [-0.4, -0.2) is 82.2 Å². The van der Waals surface area contributed by atoms with Gasteiger partial charge in [-0.1, -0.05) is 43.5 Å². The average Bonchev–Trinajstić information content (AvgIpc) is 4.14. The van der Waals surface area contributed by atoms with Crippen molar-refractivity contribution in [3.8, 4) is 5.75 Å². The first-order valence-corrected chi connectivity index (χ1v) is 23.8. The van der Waals surface area contributed by atoms with E-state index in [1.807, 2.05) is 25.1 Å². The molecule has 2 aromatic rings. The Morgan fingerprint density at radius 2 is 1.73 bits per heavy atom. The SMILES string of the molecule is CC1(OC(=O)NC2CCCCCC=CC3CCC3(C(=O)NS(=O)(=O)C3(C)CC3)NC(=O)C3CC4(CCc5c(c(C6CC6)nc6c(F)cccc56)O4)CN3C2=O)CCCCC1. The molecule has 5 atom stereocenters. The number of aromatic nitrogens is 1. The molecule has 5 fully saturated rings. The van der Waals surface area contributed by atoms with Gasteiger partial charge in [-0.05, 0) is 116 Å². The molecule has 60 heavy (non-hydrogen) atoms. The monoisotopic (exact) mass is 847 g/mol. The molecule has 1 saturated heterocycles. The Labute approximate surface area is 351 Å². The van der Waals surface area contributed by atoms with E-state index in [0.29, 0.717) is 73.7 Å². The number of para-hydroxylation sites is 1. The highest BCUT2D eigenvalue weighted by Crippen LogP contribution is 2.52. The Morgan fingerprint density at radius 1 is 0.967 bits per heavy atom. The number of nitrogens with one attached hydrogen (secondary N) is 3. The minimum absolute atomic E-state index is 0.0227. The third-order valence-electron chi connectivity index (χ3n) is 14.8. The van der Waals surface area contributed by atoms with Crippen molar-refractivity contribution in [3.05, 3.63) is 47.4 Å². The van der Waals surface area contributed by atoms with Crippen LogP contribution < -0.4 is 20.1 Å². The minimum atomic E-state index is -4.02. The van der Waals surface area contributed by atoms with Crippen molar-refractivity contribution in [2.45, 2.75) is 175 Å². The number of hydrogen-bond acceptors (Lipinski definition) is 9. The number of pyridine rings is 1. The molecule has 9 rings (SSSR count). The van der Waals surface area contributed by atoms with Gasteiger partial charge in [0.2, 0.25) is 21.8 Å². The topological polar surface area (TPSA) is 173 Å². The highest BCUT2D eigenvalue weighted by molar-refractivity contribution is 7.91. The van der Waals surface area contributed by atoms with Crippen LogP contribution in [0.15, 0.2) is 30.4 Å². The lowest BCUT2D eigenvalue weighted by molar-refractivity contribution is -0.144. The molecule has 4 aliphatic carbocycles. The molecule has 1 spiro atoms. The Hall–Kier alpha value is -4.27. The molecule has 3 aliphatic heterocycles. The van der Waals surface area contributed by atoms with E-state index in [1.54, 1.807) is 13.0 Å². The summed E-state index contributed by atoms with van der Waals surface area (Å²) >= 11 is 0. The second-order valence-electron chi connectivity index (χ2n) is 19.3. The van der Waals surface area contributed by atoms with E-state index >= 15 is 9.18 Å². The molecule has 4 heterocycles. The summed E-state index contributed by atoms with van der Waals surface area (Å²) in [7, 11) is -4.02. The van der Waals surface area contributed by atoms with Crippen LogP contribution >= 0.6 is 0 Å². The maximum absolute atomic E-state index is 15.2. The van der Waals surface area contributed by atoms with Gasteiger partial charge in [0.05, 0.1) is 17.0 Å². The highest BCUT2D eigenvalue weighted by Gasteiger charge is 2.60. The fourth-order valence-electron chi connectivity index (χ4n) is 10.3. The predicted molar refractivity (Wildman–Crippen MR) is 221 cm³/mol. The molecular formula is C45H58FN5O8S. The number of carbonyl (C=O) groups excluding carboxylic acids is 4. The first kappa shape index (κ1) is 41.1. The Balaban J connectivity index is 1.07. The molecule has 1 aromatic carbocycles. The van der Waals surface area contributed by atoms with Gasteiger partial charge >= 0.3 is 6.09 Å². The lowest BCUT2D eigenvalue weighted by Crippen LogP contribution is -2.70. The van der Waals surface area contributed by atoms with Gasteiger partial charge in [-0.15, -0.1) is 0 Å². The lowest BCUT2D eigenvalue weighted by Gasteiger charge is -2.48. The van der Waals surface area contributed by atoms with Crippen molar-refractivity contribution in [3.63, 3.8) is 0 Å². The summed E-state index contributed by atoms with van der Waals surface area (Å²) in [4.78, 5) is 64.2. The van der Waals surface area contributed by atoms with Crippen molar-refractivity contribution in [1.82, 2.24) is 25.2 Å². The van der Waals surface area contributed by atoms with Gasteiger partial charge in [-0.25, -0.2) is 22.6 Å². The van der Waals surface area contributed by atoms with E-state index < -0.39 is 79.1 Å². The van der Waals surface area contributed by atoms with Crippen LogP contribution in [0.25, 0.3) is 10.9 Å². The lowest BCUT2D eigenvalue weighted by atomic mass is 9.65. The van der Waals surface area contributed by atoms with Crippen LogP contribution in [0.1, 0.15) is 147 Å². The number of halogens is 1. The number of ether oxygens (including phenoxy) is 2. The highest BCUT2D eigenvalue weighted by atomic mass is 32.2. The molecule has 0 bridgehead atoms. The number of rotatable bonds is 6. The second-order valence-corrected chi connectivity index (χ2v) is 21.5. The molecule has 13 nitrogen and oxygen atoms in total. The summed E-state index contributed by atoms with van der Waals surface area (Å²) in [6.45, 7) is 3.56. The molecule has 0 radical (unpaired) electrons. The fraction of sp³-hybridized carbons (Fsp3) is 0.667. The smallest absolute Gasteiger partial charge is 0.408 e. The molecule has 4 saturated carbocycles. The maximum Gasteiger partial charge on any atom is 0.408 e. The minimum Gasteiger partial charge on any atom is -0.483 e. The summed E-state index contributed by atoms with van der Waals surface area (Å²) in [5.41, 5.74) is -1.39. The molecule has 5 unspecified atom stereocenters. The Bertz CT molecular complexity index is 2240. The van der Waals surface area contributed by atoms with E-state index in [4.69, 9.17) is 14.5 Å².